The number of nitrogens with zero attached hydrogens (tertiary/aromatic N) is 2. The zero-order chi connectivity index (χ0) is 30.3. The second kappa shape index (κ2) is 23.6. The number of carbonyl (C=O) groups is 2. The fourth-order valence-electron chi connectivity index (χ4n) is 5.96. The van der Waals surface area contributed by atoms with Gasteiger partial charge in [0.2, 0.25) is 6.79 Å². The van der Waals surface area contributed by atoms with Crippen LogP contribution in [0.1, 0.15) is 166 Å². The lowest BCUT2D eigenvalue weighted by molar-refractivity contribution is -0.152. The average Bonchev–Trinajstić information content (AvgIpc) is 3.36. The molecule has 242 valence electrons. The Morgan fingerprint density at radius 2 is 1.31 bits per heavy atom. The van der Waals surface area contributed by atoms with Gasteiger partial charge >= 0.3 is 12.1 Å². The van der Waals surface area contributed by atoms with Gasteiger partial charge in [0.25, 0.3) is 0 Å². The molecule has 0 fully saturated rings. The number of fused-ring (bicyclic) bond motifs is 1. The smallest absolute Gasteiger partial charge is 0.412 e. The van der Waals surface area contributed by atoms with Crippen LogP contribution in [0.3, 0.4) is 0 Å². The molecule has 1 aromatic heterocycles. The van der Waals surface area contributed by atoms with Crippen LogP contribution in [0.2, 0.25) is 0 Å². The Labute approximate surface area is 260 Å². The maximum Gasteiger partial charge on any atom is 0.412 e. The highest BCUT2D eigenvalue weighted by Crippen LogP contribution is 2.30. The molecule has 0 radical (unpaired) electrons. The normalized spacial score (nSPS) is 14.5. The van der Waals surface area contributed by atoms with Gasteiger partial charge in [-0.2, -0.15) is 0 Å². The summed E-state index contributed by atoms with van der Waals surface area (Å²) in [4.78, 5) is 32.2. The molecular weight excluding hydrogens is 546 g/mol. The van der Waals surface area contributed by atoms with Crippen LogP contribution in [0.4, 0.5) is 9.93 Å². The van der Waals surface area contributed by atoms with E-state index >= 15 is 0 Å². The van der Waals surface area contributed by atoms with Crippen molar-refractivity contribution in [1.82, 2.24) is 9.88 Å². The van der Waals surface area contributed by atoms with Crippen molar-refractivity contribution >= 4 is 28.5 Å². The Bertz CT molecular complexity index is 847. The van der Waals surface area contributed by atoms with Crippen LogP contribution in [0, 0.1) is 0 Å². The fourth-order valence-corrected chi connectivity index (χ4v) is 6.91. The van der Waals surface area contributed by atoms with E-state index < -0.39 is 6.09 Å². The van der Waals surface area contributed by atoms with Gasteiger partial charge in [0.1, 0.15) is 0 Å². The monoisotopic (exact) mass is 607 g/mol. The number of ether oxygens (including phenoxy) is 2. The molecule has 0 bridgehead atoms. The second-order valence-corrected chi connectivity index (χ2v) is 13.3. The topological polar surface area (TPSA) is 94.8 Å². The van der Waals surface area contributed by atoms with Crippen molar-refractivity contribution in [2.24, 2.45) is 0 Å². The minimum absolute atomic E-state index is 0.0602. The zero-order valence-electron chi connectivity index (χ0n) is 27.0. The summed E-state index contributed by atoms with van der Waals surface area (Å²) in [6, 6.07) is 0.0602. The number of carbonyl (C=O) groups excluding carboxylic acids is 2. The summed E-state index contributed by atoms with van der Waals surface area (Å²) in [7, 11) is 0. The number of aryl methyl sites for hydroxylation is 1. The molecule has 1 atom stereocenters. The summed E-state index contributed by atoms with van der Waals surface area (Å²) >= 11 is 1.50. The van der Waals surface area contributed by atoms with Gasteiger partial charge < -0.3 is 20.1 Å². The molecule has 0 saturated heterocycles. The molecule has 1 amide bonds. The average molecular weight is 608 g/mol. The standard InChI is InChI=1S/C34H61N3O4S/c1-3-5-6-7-8-9-10-11-12-13-14-15-16-17-18-19-20-21-22-23-32(38)40-28-41-34(39)37(26-4-2)29-24-25-30-31(27-29)42-33(35)36-30/h29H,3-28H2,1-2H3,(H2,35,36). The molecule has 2 rings (SSSR count). The highest BCUT2D eigenvalue weighted by atomic mass is 32.1. The largest absolute Gasteiger partial charge is 0.428 e. The van der Waals surface area contributed by atoms with E-state index in [9.17, 15) is 9.59 Å². The van der Waals surface area contributed by atoms with Gasteiger partial charge in [-0.05, 0) is 25.7 Å². The molecule has 0 aliphatic heterocycles. The molecule has 8 heteroatoms. The summed E-state index contributed by atoms with van der Waals surface area (Å²) in [5, 5.41) is 0.585. The second-order valence-electron chi connectivity index (χ2n) is 12.2. The van der Waals surface area contributed by atoms with Gasteiger partial charge in [-0.1, -0.05) is 129 Å². The summed E-state index contributed by atoms with van der Waals surface area (Å²) in [6.45, 7) is 4.62. The van der Waals surface area contributed by atoms with Gasteiger partial charge in [-0.25, -0.2) is 9.78 Å². The van der Waals surface area contributed by atoms with E-state index in [2.05, 4.69) is 11.9 Å². The van der Waals surface area contributed by atoms with Crippen LogP contribution in [0.5, 0.6) is 0 Å². The van der Waals surface area contributed by atoms with E-state index in [-0.39, 0.29) is 18.8 Å². The molecule has 1 aromatic rings. The minimum Gasteiger partial charge on any atom is -0.428 e. The zero-order valence-corrected chi connectivity index (χ0v) is 27.8. The first-order valence-electron chi connectivity index (χ1n) is 17.4. The van der Waals surface area contributed by atoms with E-state index in [0.717, 1.165) is 49.1 Å². The molecule has 7 nitrogen and oxygen atoms in total. The molecular formula is C34H61N3O4S. The molecule has 1 unspecified atom stereocenters. The lowest BCUT2D eigenvalue weighted by Gasteiger charge is -2.32. The number of nitrogens with two attached hydrogens (primary N) is 1. The summed E-state index contributed by atoms with van der Waals surface area (Å²) in [6.07, 6.45) is 28.4. The highest BCUT2D eigenvalue weighted by molar-refractivity contribution is 7.15. The Morgan fingerprint density at radius 1 is 0.786 bits per heavy atom. The first kappa shape index (κ1) is 36.4. The Hall–Kier alpha value is -1.83. The number of aromatic nitrogens is 1. The third-order valence-electron chi connectivity index (χ3n) is 8.46. The van der Waals surface area contributed by atoms with Crippen LogP contribution < -0.4 is 5.73 Å². The number of amides is 1. The third-order valence-corrected chi connectivity index (χ3v) is 9.41. The maximum absolute atomic E-state index is 12.7. The van der Waals surface area contributed by atoms with E-state index in [1.54, 1.807) is 4.90 Å². The number of hydrogen-bond donors (Lipinski definition) is 1. The molecule has 1 aliphatic carbocycles. The van der Waals surface area contributed by atoms with Crippen molar-refractivity contribution in [1.29, 1.82) is 0 Å². The quantitative estimate of drug-likeness (QED) is 0.0675. The van der Waals surface area contributed by atoms with Crippen LogP contribution in [0.15, 0.2) is 0 Å². The molecule has 1 heterocycles. The highest BCUT2D eigenvalue weighted by Gasteiger charge is 2.30. The Morgan fingerprint density at radius 3 is 1.83 bits per heavy atom. The van der Waals surface area contributed by atoms with Gasteiger partial charge in [-0.3, -0.25) is 4.79 Å². The van der Waals surface area contributed by atoms with Gasteiger partial charge in [0, 0.05) is 30.3 Å². The van der Waals surface area contributed by atoms with E-state index in [4.69, 9.17) is 15.2 Å². The summed E-state index contributed by atoms with van der Waals surface area (Å²) in [5.74, 6) is -0.292. The molecule has 42 heavy (non-hydrogen) atoms. The lowest BCUT2D eigenvalue weighted by atomic mass is 9.96. The van der Waals surface area contributed by atoms with E-state index in [1.165, 1.54) is 120 Å². The third kappa shape index (κ3) is 16.1. The number of thiazole rings is 1. The fraction of sp³-hybridized carbons (Fsp3) is 0.853. The first-order valence-corrected chi connectivity index (χ1v) is 18.2. The Kier molecular flexibility index (Phi) is 20.4. The predicted molar refractivity (Wildman–Crippen MR) is 175 cm³/mol. The molecule has 1 aliphatic rings. The first-order chi connectivity index (χ1) is 20.5. The molecule has 0 saturated carbocycles. The number of unbranched alkanes of at least 4 members (excludes halogenated alkanes) is 18. The van der Waals surface area contributed by atoms with Crippen molar-refractivity contribution < 1.29 is 19.1 Å². The van der Waals surface area contributed by atoms with Crippen LogP contribution >= 0.6 is 11.3 Å². The number of anilines is 1. The van der Waals surface area contributed by atoms with Crippen molar-refractivity contribution in [3.05, 3.63) is 10.6 Å². The van der Waals surface area contributed by atoms with E-state index in [1.807, 2.05) is 6.92 Å². The van der Waals surface area contributed by atoms with E-state index in [0.29, 0.717) is 18.1 Å². The van der Waals surface area contributed by atoms with Crippen molar-refractivity contribution in [3.8, 4) is 0 Å². The summed E-state index contributed by atoms with van der Waals surface area (Å²) < 4.78 is 10.5. The van der Waals surface area contributed by atoms with Gasteiger partial charge in [-0.15, -0.1) is 11.3 Å². The number of esters is 1. The minimum atomic E-state index is -0.418. The van der Waals surface area contributed by atoms with Gasteiger partial charge in [0.15, 0.2) is 5.13 Å². The van der Waals surface area contributed by atoms with Crippen LogP contribution in [-0.4, -0.2) is 41.3 Å². The number of rotatable bonds is 25. The summed E-state index contributed by atoms with van der Waals surface area (Å²) in [5.41, 5.74) is 6.92. The van der Waals surface area contributed by atoms with Crippen molar-refractivity contribution in [2.75, 3.05) is 19.1 Å². The maximum atomic E-state index is 12.7. The van der Waals surface area contributed by atoms with Gasteiger partial charge in [0.05, 0.1) is 5.69 Å². The van der Waals surface area contributed by atoms with Crippen molar-refractivity contribution in [2.45, 2.75) is 174 Å². The van der Waals surface area contributed by atoms with Crippen LogP contribution in [0.25, 0.3) is 0 Å². The SMILES string of the molecule is CCCCCCCCCCCCCCCCCCCCCC(=O)OCOC(=O)N(CCC)C1CCc2nc(N)sc2C1. The molecule has 0 spiro atoms. The number of nitrogen functional groups attached to an aromatic ring is 1. The Balaban J connectivity index is 1.38. The molecule has 0 aromatic carbocycles. The van der Waals surface area contributed by atoms with Crippen LogP contribution in [-0.2, 0) is 27.1 Å². The molecule has 2 N–H and O–H groups in total. The lowest BCUT2D eigenvalue weighted by Crippen LogP contribution is -2.44. The predicted octanol–water partition coefficient (Wildman–Crippen LogP) is 9.75. The number of hydrogen-bond acceptors (Lipinski definition) is 7. The van der Waals surface area contributed by atoms with Crippen molar-refractivity contribution in [3.63, 3.8) is 0 Å².